The second-order valence-corrected chi connectivity index (χ2v) is 4.20. The van der Waals surface area contributed by atoms with Gasteiger partial charge in [-0.15, -0.1) is 11.3 Å². The molecule has 0 aliphatic heterocycles. The lowest BCUT2D eigenvalue weighted by molar-refractivity contribution is 0.185. The normalized spacial score (nSPS) is 10.9. The maximum atomic E-state index is 5.84. The van der Waals surface area contributed by atoms with E-state index in [1.165, 1.54) is 0 Å². The highest BCUT2D eigenvalue weighted by Crippen LogP contribution is 2.25. The fraction of sp³-hybridized carbons (Fsp3) is 0.222. The topological polar surface area (TPSA) is 22.1 Å². The quantitative estimate of drug-likeness (QED) is 0.765. The van der Waals surface area contributed by atoms with E-state index < -0.39 is 0 Å². The van der Waals surface area contributed by atoms with Crippen molar-refractivity contribution in [2.24, 2.45) is 0 Å². The third-order valence-electron chi connectivity index (χ3n) is 1.66. The zero-order chi connectivity index (χ0) is 9.26. The van der Waals surface area contributed by atoms with Gasteiger partial charge in [0.1, 0.15) is 5.01 Å². The molecule has 0 atom stereocenters. The van der Waals surface area contributed by atoms with Gasteiger partial charge in [0, 0.05) is 12.1 Å². The number of hydrogen-bond acceptors (Lipinski definition) is 3. The molecular formula is C9H8ClNOS. The number of methoxy groups -OCH3 is 1. The van der Waals surface area contributed by atoms with Gasteiger partial charge >= 0.3 is 0 Å². The molecule has 1 aromatic carbocycles. The molecule has 0 bridgehead atoms. The molecule has 0 saturated carbocycles. The predicted octanol–water partition coefficient (Wildman–Crippen LogP) is 3.10. The van der Waals surface area contributed by atoms with Crippen molar-refractivity contribution in [3.63, 3.8) is 0 Å². The van der Waals surface area contributed by atoms with Crippen LogP contribution in [-0.2, 0) is 11.3 Å². The van der Waals surface area contributed by atoms with Gasteiger partial charge < -0.3 is 4.74 Å². The highest BCUT2D eigenvalue weighted by atomic mass is 35.5. The van der Waals surface area contributed by atoms with Crippen LogP contribution in [0.25, 0.3) is 10.2 Å². The van der Waals surface area contributed by atoms with E-state index in [9.17, 15) is 0 Å². The highest BCUT2D eigenvalue weighted by Gasteiger charge is 2.02. The minimum atomic E-state index is 0.566. The summed E-state index contributed by atoms with van der Waals surface area (Å²) < 4.78 is 6.15. The fourth-order valence-electron chi connectivity index (χ4n) is 1.13. The molecular weight excluding hydrogens is 206 g/mol. The summed E-state index contributed by atoms with van der Waals surface area (Å²) in [4.78, 5) is 4.37. The van der Waals surface area contributed by atoms with Crippen LogP contribution in [0.2, 0.25) is 5.02 Å². The van der Waals surface area contributed by atoms with E-state index in [0.29, 0.717) is 6.61 Å². The van der Waals surface area contributed by atoms with Crippen LogP contribution in [0.3, 0.4) is 0 Å². The first-order valence-corrected chi connectivity index (χ1v) is 5.03. The van der Waals surface area contributed by atoms with Crippen LogP contribution < -0.4 is 0 Å². The second-order valence-electron chi connectivity index (χ2n) is 2.65. The molecule has 0 aliphatic rings. The summed E-state index contributed by atoms with van der Waals surface area (Å²) >= 11 is 7.47. The Morgan fingerprint density at radius 1 is 1.54 bits per heavy atom. The number of ether oxygens (including phenoxy) is 1. The lowest BCUT2D eigenvalue weighted by Gasteiger charge is -1.88. The molecule has 0 N–H and O–H groups in total. The largest absolute Gasteiger partial charge is 0.378 e. The summed E-state index contributed by atoms with van der Waals surface area (Å²) in [5.74, 6) is 0. The van der Waals surface area contributed by atoms with Crippen LogP contribution >= 0.6 is 22.9 Å². The summed E-state index contributed by atoms with van der Waals surface area (Å²) in [5.41, 5.74) is 0.949. The van der Waals surface area contributed by atoms with Crippen molar-refractivity contribution in [2.75, 3.05) is 7.11 Å². The minimum Gasteiger partial charge on any atom is -0.378 e. The van der Waals surface area contributed by atoms with Crippen molar-refractivity contribution < 1.29 is 4.74 Å². The smallest absolute Gasteiger partial charge is 0.120 e. The van der Waals surface area contributed by atoms with E-state index in [1.54, 1.807) is 18.4 Å². The Balaban J connectivity index is 2.49. The van der Waals surface area contributed by atoms with Crippen molar-refractivity contribution >= 4 is 33.2 Å². The second kappa shape index (κ2) is 3.62. The molecule has 13 heavy (non-hydrogen) atoms. The molecule has 68 valence electrons. The van der Waals surface area contributed by atoms with Gasteiger partial charge in [-0.25, -0.2) is 4.98 Å². The van der Waals surface area contributed by atoms with Crippen LogP contribution in [-0.4, -0.2) is 12.1 Å². The van der Waals surface area contributed by atoms with Gasteiger partial charge in [0.15, 0.2) is 0 Å². The lowest BCUT2D eigenvalue weighted by atomic mass is 10.3. The zero-order valence-electron chi connectivity index (χ0n) is 7.08. The molecule has 0 spiro atoms. The van der Waals surface area contributed by atoms with Gasteiger partial charge in [0.05, 0.1) is 16.8 Å². The number of halogens is 1. The van der Waals surface area contributed by atoms with E-state index in [1.807, 2.05) is 18.2 Å². The van der Waals surface area contributed by atoms with E-state index in [2.05, 4.69) is 4.98 Å². The van der Waals surface area contributed by atoms with E-state index in [-0.39, 0.29) is 0 Å². The van der Waals surface area contributed by atoms with E-state index in [4.69, 9.17) is 16.3 Å². The molecule has 0 fully saturated rings. The van der Waals surface area contributed by atoms with E-state index in [0.717, 1.165) is 20.2 Å². The molecule has 2 rings (SSSR count). The third kappa shape index (κ3) is 1.82. The summed E-state index contributed by atoms with van der Waals surface area (Å²) in [7, 11) is 1.67. The highest BCUT2D eigenvalue weighted by molar-refractivity contribution is 7.18. The summed E-state index contributed by atoms with van der Waals surface area (Å²) in [6.45, 7) is 0.566. The number of hydrogen-bond donors (Lipinski definition) is 0. The predicted molar refractivity (Wildman–Crippen MR) is 55.3 cm³/mol. The van der Waals surface area contributed by atoms with Crippen LogP contribution in [0.5, 0.6) is 0 Å². The van der Waals surface area contributed by atoms with Gasteiger partial charge in [-0.1, -0.05) is 11.6 Å². The van der Waals surface area contributed by atoms with Gasteiger partial charge in [-0.2, -0.15) is 0 Å². The molecule has 4 heteroatoms. The first-order valence-electron chi connectivity index (χ1n) is 3.83. The zero-order valence-corrected chi connectivity index (χ0v) is 8.65. The molecule has 0 aliphatic carbocycles. The fourth-order valence-corrected chi connectivity index (χ4v) is 2.22. The first kappa shape index (κ1) is 8.94. The number of benzene rings is 1. The molecule has 2 nitrogen and oxygen atoms in total. The average molecular weight is 214 g/mol. The van der Waals surface area contributed by atoms with Crippen molar-refractivity contribution in [3.05, 3.63) is 28.2 Å². The van der Waals surface area contributed by atoms with Crippen molar-refractivity contribution in [1.82, 2.24) is 4.98 Å². The Bertz CT molecular complexity index is 426. The van der Waals surface area contributed by atoms with Crippen molar-refractivity contribution in [3.8, 4) is 0 Å². The number of rotatable bonds is 2. The van der Waals surface area contributed by atoms with Gasteiger partial charge in [-0.3, -0.25) is 0 Å². The number of nitrogens with zero attached hydrogens (tertiary/aromatic N) is 1. The number of aromatic nitrogens is 1. The SMILES string of the molecule is COCc1nc2cc(Cl)ccc2s1. The van der Waals surface area contributed by atoms with Gasteiger partial charge in [-0.05, 0) is 18.2 Å². The molecule has 1 heterocycles. The van der Waals surface area contributed by atoms with Gasteiger partial charge in [0.2, 0.25) is 0 Å². The van der Waals surface area contributed by atoms with Crippen molar-refractivity contribution in [2.45, 2.75) is 6.61 Å². The molecule has 0 amide bonds. The van der Waals surface area contributed by atoms with Crippen LogP contribution in [0.15, 0.2) is 18.2 Å². The first-order chi connectivity index (χ1) is 6.29. The lowest BCUT2D eigenvalue weighted by Crippen LogP contribution is -1.83. The number of fused-ring (bicyclic) bond motifs is 1. The summed E-state index contributed by atoms with van der Waals surface area (Å²) in [6.07, 6.45) is 0. The Labute approximate surface area is 85.1 Å². The van der Waals surface area contributed by atoms with Crippen LogP contribution in [0.4, 0.5) is 0 Å². The summed E-state index contributed by atoms with van der Waals surface area (Å²) in [6, 6.07) is 5.72. The molecule has 2 aromatic rings. The van der Waals surface area contributed by atoms with Crippen LogP contribution in [0.1, 0.15) is 5.01 Å². The maximum Gasteiger partial charge on any atom is 0.120 e. The standard InChI is InChI=1S/C9H8ClNOS/c1-12-5-9-11-7-4-6(10)2-3-8(7)13-9/h2-4H,5H2,1H3. The Morgan fingerprint density at radius 3 is 3.15 bits per heavy atom. The molecule has 0 radical (unpaired) electrons. The van der Waals surface area contributed by atoms with Crippen LogP contribution in [0, 0.1) is 0 Å². The van der Waals surface area contributed by atoms with E-state index >= 15 is 0 Å². The average Bonchev–Trinajstić information content (AvgIpc) is 2.46. The number of thiazole rings is 1. The van der Waals surface area contributed by atoms with Gasteiger partial charge in [0.25, 0.3) is 0 Å². The molecule has 0 saturated heterocycles. The maximum absolute atomic E-state index is 5.84. The monoisotopic (exact) mass is 213 g/mol. The minimum absolute atomic E-state index is 0.566. The molecule has 1 aromatic heterocycles. The Kier molecular flexibility index (Phi) is 2.49. The molecule has 0 unspecified atom stereocenters. The van der Waals surface area contributed by atoms with Crippen molar-refractivity contribution in [1.29, 1.82) is 0 Å². The Morgan fingerprint density at radius 2 is 2.38 bits per heavy atom. The Hall–Kier alpha value is -0.640. The third-order valence-corrected chi connectivity index (χ3v) is 2.91. The summed E-state index contributed by atoms with van der Waals surface area (Å²) in [5, 5.41) is 1.71.